The van der Waals surface area contributed by atoms with Crippen molar-refractivity contribution in [2.24, 2.45) is 32.2 Å². The summed E-state index contributed by atoms with van der Waals surface area (Å²) in [7, 11) is 1.22. The minimum Gasteiger partial charge on any atom is -0.478 e. The minimum absolute atomic E-state index is 0.0779. The molecule has 21 heteroatoms. The molecule has 5 aromatic rings. The van der Waals surface area contributed by atoms with Crippen molar-refractivity contribution >= 4 is 75.8 Å². The largest absolute Gasteiger partial charge is 0.478 e. The molecule has 17 nitrogen and oxygen atoms in total. The van der Waals surface area contributed by atoms with E-state index in [0.29, 0.717) is 52.1 Å². The Morgan fingerprint density at radius 3 is 1.80 bits per heavy atom. The van der Waals surface area contributed by atoms with E-state index in [9.17, 15) is 47.0 Å². The van der Waals surface area contributed by atoms with Gasteiger partial charge in [0, 0.05) is 53.7 Å². The molecule has 2 aliphatic rings. The van der Waals surface area contributed by atoms with E-state index in [2.05, 4.69) is 38.8 Å². The minimum atomic E-state index is -4.66. The van der Waals surface area contributed by atoms with Gasteiger partial charge >= 0.3 is 18.1 Å². The molecule has 82 heavy (non-hydrogen) atoms. The zero-order valence-electron chi connectivity index (χ0n) is 45.9. The number of carbonyl (C=O) groups excluding carboxylic acids is 5. The number of carboxylic acids is 1. The lowest BCUT2D eigenvalue weighted by Gasteiger charge is -2.38. The lowest BCUT2D eigenvalue weighted by Crippen LogP contribution is -2.57. The molecule has 0 spiro atoms. The van der Waals surface area contributed by atoms with Crippen molar-refractivity contribution in [2.45, 2.75) is 64.7 Å². The topological polar surface area (TPSA) is 274 Å². The number of nitrogens with one attached hydrogen (secondary N) is 2. The van der Waals surface area contributed by atoms with Crippen LogP contribution in [0.2, 0.25) is 0 Å². The third-order valence-corrected chi connectivity index (χ3v) is 11.8. The number of ether oxygens (including phenoxy) is 1. The maximum absolute atomic E-state index is 13.4. The second kappa shape index (κ2) is 33.2. The molecule has 2 aliphatic heterocycles. The van der Waals surface area contributed by atoms with Gasteiger partial charge in [-0.15, -0.1) is 0 Å². The standard InChI is InChI=1S/C28H23F3N4O4.C21H22N4O3.C5H6ClNO.C5H8.C2H6/c1-39-27(38)18-9-5-7-16(13-18)22-21(15-32)24(33-20-11-3-2-4-12-20)35-26(37)23(22)34-25(36)17-8-6-10-19(14-17)28(29,30)31;1-2-25-19(24-15-9-4-3-5-10-15)16(12-22)17(18(23)20(25)26)13-7-6-8-14(11-13)21(27)28;1-3-7-4(2)5(6)8;1-3-5-4-2;1-2/h2-15,22-23H,32H2,1H3,(H,34,36)(H,33,35,37);3-12,17-18H,2,22-23H2,1H3,(H,27,28);3H,2H2,1H3;3-5H,1H2,2H3;1-2H3/b21-15-;16-12-,24-19?;;5-4-;/t22-,23?;17-,18?;;;/m11.../s1. The van der Waals surface area contributed by atoms with Gasteiger partial charge in [-0.25, -0.2) is 19.6 Å². The SMILES string of the molecule is C=C(N=CC)C(=O)Cl.C=C/C=C\C.CC.CCN1C(=O)C(N)[C@H](c2cccc(C(=O)O)c2)/C(=C/N)C1=Nc1ccccc1.COC(=O)c1cccc([C@@H]2/C(=C/N)C(=Nc3ccccc3)NC(=O)C2NC(=O)c2cccc(C(F)(F)F)c2)c1. The molecule has 7 rings (SSSR count). The summed E-state index contributed by atoms with van der Waals surface area (Å²) in [5.41, 5.74) is 20.4. The van der Waals surface area contributed by atoms with Crippen LogP contribution in [-0.2, 0) is 25.3 Å². The van der Waals surface area contributed by atoms with Gasteiger partial charge in [0.1, 0.15) is 23.4 Å². The fraction of sp³-hybridized carbons (Fsp3) is 0.197. The normalized spacial score (nSPS) is 18.5. The zero-order chi connectivity index (χ0) is 61.1. The van der Waals surface area contributed by atoms with Crippen molar-refractivity contribution in [1.29, 1.82) is 0 Å². The maximum atomic E-state index is 13.4. The molecule has 2 heterocycles. The van der Waals surface area contributed by atoms with Crippen LogP contribution in [0.25, 0.3) is 0 Å². The van der Waals surface area contributed by atoms with E-state index in [0.717, 1.165) is 12.1 Å². The van der Waals surface area contributed by atoms with E-state index in [1.165, 1.54) is 61.0 Å². The number of alkyl halides is 3. The number of allylic oxidation sites excluding steroid dienone is 4. The number of likely N-dealkylation sites (tertiary alicyclic amines) is 1. The molecule has 0 radical (unpaired) electrons. The summed E-state index contributed by atoms with van der Waals surface area (Å²) in [5.74, 6) is -4.55. The van der Waals surface area contributed by atoms with E-state index in [1.807, 2.05) is 70.2 Å². The molecule has 430 valence electrons. The summed E-state index contributed by atoms with van der Waals surface area (Å²) in [4.78, 5) is 87.2. The number of nitrogens with zero attached hydrogens (tertiary/aromatic N) is 4. The van der Waals surface area contributed by atoms with Crippen LogP contribution in [0, 0.1) is 0 Å². The lowest BCUT2D eigenvalue weighted by atomic mass is 9.80. The van der Waals surface area contributed by atoms with E-state index >= 15 is 0 Å². The number of hydrogen-bond donors (Lipinski definition) is 6. The number of carbonyl (C=O) groups is 6. The first kappa shape index (κ1) is 66.7. The number of aliphatic imine (C=N–C) groups is 3. The second-order valence-corrected chi connectivity index (χ2v) is 17.2. The van der Waals surface area contributed by atoms with Crippen molar-refractivity contribution in [3.05, 3.63) is 227 Å². The number of aromatic carboxylic acids is 1. The van der Waals surface area contributed by atoms with Crippen molar-refractivity contribution < 1.29 is 51.8 Å². The van der Waals surface area contributed by atoms with Crippen LogP contribution in [0.15, 0.2) is 209 Å². The smallest absolute Gasteiger partial charge is 0.416 e. The summed E-state index contributed by atoms with van der Waals surface area (Å²) in [6.45, 7) is 16.6. The highest BCUT2D eigenvalue weighted by molar-refractivity contribution is 6.67. The molecule has 2 saturated heterocycles. The quantitative estimate of drug-likeness (QED) is 0.0225. The molecule has 2 fully saturated rings. The monoisotopic (exact) mass is 1140 g/mol. The maximum Gasteiger partial charge on any atom is 0.416 e. The second-order valence-electron chi connectivity index (χ2n) is 16.8. The number of esters is 1. The number of carboxylic acid groups (broad SMARTS) is 1. The van der Waals surface area contributed by atoms with Gasteiger partial charge in [0.05, 0.1) is 41.2 Å². The Morgan fingerprint density at radius 1 is 0.793 bits per heavy atom. The zero-order valence-corrected chi connectivity index (χ0v) is 46.7. The Balaban J connectivity index is 0.000000355. The predicted molar refractivity (Wildman–Crippen MR) is 315 cm³/mol. The summed E-state index contributed by atoms with van der Waals surface area (Å²) in [6.07, 6.45) is 5.00. The van der Waals surface area contributed by atoms with E-state index in [-0.39, 0.29) is 34.1 Å². The Kier molecular flexibility index (Phi) is 27.0. The molecular weight excluding hydrogens is 1080 g/mol. The number of piperidine rings is 2. The summed E-state index contributed by atoms with van der Waals surface area (Å²) in [6, 6.07) is 32.2. The van der Waals surface area contributed by atoms with Gasteiger partial charge in [-0.3, -0.25) is 29.1 Å². The predicted octanol–water partition coefficient (Wildman–Crippen LogP) is 10.4. The average Bonchev–Trinajstić information content (AvgIpc) is 3.65. The molecule has 0 aromatic heterocycles. The molecule has 9 N–H and O–H groups in total. The number of nitrogens with two attached hydrogens (primary N) is 3. The van der Waals surface area contributed by atoms with Crippen LogP contribution in [-0.4, -0.2) is 88.5 Å². The van der Waals surface area contributed by atoms with Gasteiger partial charge in [0.25, 0.3) is 11.1 Å². The van der Waals surface area contributed by atoms with Gasteiger partial charge in [-0.1, -0.05) is 112 Å². The van der Waals surface area contributed by atoms with Crippen LogP contribution in [0.4, 0.5) is 24.5 Å². The van der Waals surface area contributed by atoms with Crippen molar-refractivity contribution in [2.75, 3.05) is 13.7 Å². The number of likely N-dealkylation sites (N-methyl/N-ethyl adjacent to an activating group) is 1. The van der Waals surface area contributed by atoms with Crippen LogP contribution in [0.5, 0.6) is 0 Å². The molecule has 2 unspecified atom stereocenters. The van der Waals surface area contributed by atoms with Crippen LogP contribution in [0.1, 0.15) is 94.2 Å². The molecule has 0 bridgehead atoms. The fourth-order valence-electron chi connectivity index (χ4n) is 7.95. The van der Waals surface area contributed by atoms with Gasteiger partial charge in [-0.2, -0.15) is 13.2 Å². The number of benzene rings is 5. The number of methoxy groups -OCH3 is 1. The molecule has 3 amide bonds. The van der Waals surface area contributed by atoms with Gasteiger partial charge < -0.3 is 37.7 Å². The Hall–Kier alpha value is -9.53. The van der Waals surface area contributed by atoms with Gasteiger partial charge in [0.2, 0.25) is 11.8 Å². The first-order valence-corrected chi connectivity index (χ1v) is 25.7. The third kappa shape index (κ3) is 18.5. The molecule has 5 aromatic carbocycles. The number of rotatable bonds is 12. The average molecular weight is 1140 g/mol. The first-order chi connectivity index (χ1) is 39.2. The van der Waals surface area contributed by atoms with E-state index in [4.69, 9.17) is 33.5 Å². The van der Waals surface area contributed by atoms with Crippen LogP contribution < -0.4 is 27.8 Å². The van der Waals surface area contributed by atoms with Crippen molar-refractivity contribution in [1.82, 2.24) is 15.5 Å². The van der Waals surface area contributed by atoms with Crippen molar-refractivity contribution in [3.63, 3.8) is 0 Å². The number of halogens is 4. The van der Waals surface area contributed by atoms with Crippen LogP contribution in [0.3, 0.4) is 0 Å². The van der Waals surface area contributed by atoms with Gasteiger partial charge in [-0.05, 0) is 110 Å². The Labute approximate surface area is 479 Å². The van der Waals surface area contributed by atoms with Gasteiger partial charge in [0.15, 0.2) is 0 Å². The highest BCUT2D eigenvalue weighted by Gasteiger charge is 2.43. The van der Waals surface area contributed by atoms with E-state index < -0.39 is 64.7 Å². The van der Waals surface area contributed by atoms with E-state index in [1.54, 1.807) is 67.6 Å². The number of hydrogen-bond acceptors (Lipinski definition) is 13. The first-order valence-electron chi connectivity index (χ1n) is 25.3. The number of amidine groups is 2. The Morgan fingerprint density at radius 2 is 1.33 bits per heavy atom. The summed E-state index contributed by atoms with van der Waals surface area (Å²) in [5, 5.41) is 13.9. The lowest BCUT2D eigenvalue weighted by molar-refractivity contribution is -0.137. The third-order valence-electron chi connectivity index (χ3n) is 11.6. The molecular formula is C61H65ClF3N9O8. The fourth-order valence-corrected chi connectivity index (χ4v) is 8.00. The highest BCUT2D eigenvalue weighted by Crippen LogP contribution is 2.37. The highest BCUT2D eigenvalue weighted by atomic mass is 35.5. The van der Waals surface area contributed by atoms with Crippen LogP contribution >= 0.6 is 11.6 Å². The number of para-hydroxylation sites is 2. The van der Waals surface area contributed by atoms with Crippen molar-refractivity contribution in [3.8, 4) is 0 Å². The number of amides is 3. The molecule has 0 saturated carbocycles. The summed E-state index contributed by atoms with van der Waals surface area (Å²) < 4.78 is 44.5. The summed E-state index contributed by atoms with van der Waals surface area (Å²) >= 11 is 4.95. The molecule has 0 aliphatic carbocycles. The molecule has 4 atom stereocenters. The Bertz CT molecular complexity index is 3250.